The lowest BCUT2D eigenvalue weighted by Crippen LogP contribution is -2.38. The minimum atomic E-state index is -4.21. The van der Waals surface area contributed by atoms with E-state index < -0.39 is 11.7 Å². The van der Waals surface area contributed by atoms with Gasteiger partial charge in [-0.05, 0) is 24.3 Å². The van der Waals surface area contributed by atoms with Gasteiger partial charge in [0.1, 0.15) is 0 Å². The van der Waals surface area contributed by atoms with Gasteiger partial charge in [0, 0.05) is 12.4 Å². The Morgan fingerprint density at radius 2 is 2.13 bits per heavy atom. The fraction of sp³-hybridized carbons (Fsp3) is 0.700. The summed E-state index contributed by atoms with van der Waals surface area (Å²) in [5.74, 6) is -0.326. The third-order valence-corrected chi connectivity index (χ3v) is 3.19. The molecular weight excluding hydrogens is 205 g/mol. The van der Waals surface area contributed by atoms with Gasteiger partial charge in [-0.3, -0.25) is 4.68 Å². The van der Waals surface area contributed by atoms with Crippen LogP contribution in [0.3, 0.4) is 0 Å². The van der Waals surface area contributed by atoms with E-state index in [1.165, 1.54) is 18.5 Å². The smallest absolute Gasteiger partial charge is 0.257 e. The highest BCUT2D eigenvalue weighted by molar-refractivity contribution is 5.13. The molecule has 15 heavy (non-hydrogen) atoms. The fourth-order valence-electron chi connectivity index (χ4n) is 2.29. The molecule has 1 aromatic heterocycles. The molecule has 2 nitrogen and oxygen atoms in total. The Bertz CT molecular complexity index is 342. The summed E-state index contributed by atoms with van der Waals surface area (Å²) < 4.78 is 40.1. The first-order chi connectivity index (χ1) is 6.89. The van der Waals surface area contributed by atoms with Gasteiger partial charge in [0.15, 0.2) is 5.54 Å². The molecule has 0 N–H and O–H groups in total. The monoisotopic (exact) mass is 218 g/mol. The molecule has 0 radical (unpaired) electrons. The summed E-state index contributed by atoms with van der Waals surface area (Å²) in [4.78, 5) is 0. The Hall–Kier alpha value is -1.00. The van der Waals surface area contributed by atoms with E-state index >= 15 is 0 Å². The zero-order chi connectivity index (χ0) is 11.3. The molecule has 1 saturated carbocycles. The van der Waals surface area contributed by atoms with E-state index in [0.29, 0.717) is 0 Å². The van der Waals surface area contributed by atoms with E-state index in [4.69, 9.17) is 0 Å². The Morgan fingerprint density at radius 3 is 2.47 bits per heavy atom. The highest BCUT2D eigenvalue weighted by Gasteiger charge is 2.73. The van der Waals surface area contributed by atoms with E-state index in [-0.39, 0.29) is 18.3 Å². The van der Waals surface area contributed by atoms with E-state index in [1.54, 1.807) is 0 Å². The van der Waals surface area contributed by atoms with Crippen molar-refractivity contribution in [1.29, 1.82) is 0 Å². The molecule has 2 unspecified atom stereocenters. The first-order valence-corrected chi connectivity index (χ1v) is 4.96. The second-order valence-electron chi connectivity index (χ2n) is 4.43. The summed E-state index contributed by atoms with van der Waals surface area (Å²) >= 11 is 0. The van der Waals surface area contributed by atoms with Crippen molar-refractivity contribution in [2.75, 3.05) is 0 Å². The summed E-state index contributed by atoms with van der Waals surface area (Å²) in [7, 11) is 0. The van der Waals surface area contributed by atoms with Crippen molar-refractivity contribution >= 4 is 0 Å². The molecule has 2 atom stereocenters. The molecule has 0 bridgehead atoms. The van der Waals surface area contributed by atoms with Gasteiger partial charge < -0.3 is 0 Å². The first-order valence-electron chi connectivity index (χ1n) is 4.96. The van der Waals surface area contributed by atoms with Crippen molar-refractivity contribution in [1.82, 2.24) is 9.78 Å². The largest absolute Gasteiger partial charge is 0.413 e. The standard InChI is InChI=1S/C10H13F3N2/c1-7(2)8-6-9(8,10(11,12)13)15-5-3-4-14-15/h3-5,7-8H,6H2,1-2H3. The number of rotatable bonds is 2. The molecular formula is C10H13F3N2. The minimum absolute atomic E-state index is 0.0239. The second kappa shape index (κ2) is 3.00. The molecule has 1 fully saturated rings. The number of aromatic nitrogens is 2. The number of hydrogen-bond donors (Lipinski definition) is 0. The van der Waals surface area contributed by atoms with Gasteiger partial charge in [0.05, 0.1) is 0 Å². The summed E-state index contributed by atoms with van der Waals surface area (Å²) in [5, 5.41) is 3.75. The van der Waals surface area contributed by atoms with Gasteiger partial charge in [0.25, 0.3) is 0 Å². The van der Waals surface area contributed by atoms with E-state index in [1.807, 2.05) is 13.8 Å². The Balaban J connectivity index is 2.37. The lowest BCUT2D eigenvalue weighted by atomic mass is 10.0. The van der Waals surface area contributed by atoms with E-state index in [0.717, 1.165) is 4.68 Å². The molecule has 84 valence electrons. The van der Waals surface area contributed by atoms with Crippen LogP contribution in [0.25, 0.3) is 0 Å². The maximum Gasteiger partial charge on any atom is 0.413 e. The lowest BCUT2D eigenvalue weighted by Gasteiger charge is -2.23. The quantitative estimate of drug-likeness (QED) is 0.746. The lowest BCUT2D eigenvalue weighted by molar-refractivity contribution is -0.189. The molecule has 1 aromatic rings. The molecule has 1 heterocycles. The van der Waals surface area contributed by atoms with Crippen LogP contribution < -0.4 is 0 Å². The van der Waals surface area contributed by atoms with Gasteiger partial charge >= 0.3 is 6.18 Å². The molecule has 1 aliphatic rings. The van der Waals surface area contributed by atoms with Gasteiger partial charge in [-0.15, -0.1) is 0 Å². The Kier molecular flexibility index (Phi) is 2.10. The van der Waals surface area contributed by atoms with Crippen LogP contribution in [0.15, 0.2) is 18.5 Å². The highest BCUT2D eigenvalue weighted by atomic mass is 19.4. The molecule has 2 rings (SSSR count). The van der Waals surface area contributed by atoms with Crippen molar-refractivity contribution in [3.05, 3.63) is 18.5 Å². The van der Waals surface area contributed by atoms with Crippen molar-refractivity contribution in [3.63, 3.8) is 0 Å². The molecule has 5 heteroatoms. The predicted octanol–water partition coefficient (Wildman–Crippen LogP) is 2.82. The third-order valence-electron chi connectivity index (χ3n) is 3.19. The van der Waals surface area contributed by atoms with Crippen LogP contribution in [-0.2, 0) is 5.54 Å². The van der Waals surface area contributed by atoms with Crippen molar-refractivity contribution in [3.8, 4) is 0 Å². The SMILES string of the molecule is CC(C)C1CC1(n1cccn1)C(F)(F)F. The van der Waals surface area contributed by atoms with Crippen LogP contribution in [0.2, 0.25) is 0 Å². The Morgan fingerprint density at radius 1 is 1.47 bits per heavy atom. The summed E-state index contributed by atoms with van der Waals surface area (Å²) in [6, 6.07) is 1.53. The van der Waals surface area contributed by atoms with Crippen LogP contribution in [-0.4, -0.2) is 16.0 Å². The molecule has 1 aliphatic carbocycles. The molecule has 0 aromatic carbocycles. The molecule has 0 amide bonds. The number of alkyl halides is 3. The zero-order valence-electron chi connectivity index (χ0n) is 8.62. The summed E-state index contributed by atoms with van der Waals surface area (Å²) in [5.41, 5.74) is -1.75. The van der Waals surface area contributed by atoms with Crippen LogP contribution in [0.4, 0.5) is 13.2 Å². The average Bonchev–Trinajstić information content (AvgIpc) is 2.67. The molecule has 0 saturated heterocycles. The first kappa shape index (κ1) is 10.5. The summed E-state index contributed by atoms with van der Waals surface area (Å²) in [6.45, 7) is 3.64. The maximum atomic E-state index is 13.0. The summed E-state index contributed by atoms with van der Waals surface area (Å²) in [6.07, 6.45) is -1.27. The predicted molar refractivity (Wildman–Crippen MR) is 49.2 cm³/mol. The average molecular weight is 218 g/mol. The van der Waals surface area contributed by atoms with E-state index in [2.05, 4.69) is 5.10 Å². The topological polar surface area (TPSA) is 17.8 Å². The molecule has 0 spiro atoms. The maximum absolute atomic E-state index is 13.0. The van der Waals surface area contributed by atoms with Crippen LogP contribution in [0.5, 0.6) is 0 Å². The van der Waals surface area contributed by atoms with Crippen LogP contribution in [0, 0.1) is 11.8 Å². The Labute approximate surface area is 86.1 Å². The van der Waals surface area contributed by atoms with Gasteiger partial charge in [-0.1, -0.05) is 13.8 Å². The number of hydrogen-bond acceptors (Lipinski definition) is 1. The van der Waals surface area contributed by atoms with Gasteiger partial charge in [-0.2, -0.15) is 18.3 Å². The minimum Gasteiger partial charge on any atom is -0.257 e. The van der Waals surface area contributed by atoms with Gasteiger partial charge in [0.2, 0.25) is 0 Å². The van der Waals surface area contributed by atoms with Crippen LogP contribution in [0.1, 0.15) is 20.3 Å². The van der Waals surface area contributed by atoms with Crippen molar-refractivity contribution in [2.45, 2.75) is 32.0 Å². The van der Waals surface area contributed by atoms with E-state index in [9.17, 15) is 13.2 Å². The normalized spacial score (nSPS) is 30.9. The van der Waals surface area contributed by atoms with Crippen molar-refractivity contribution < 1.29 is 13.2 Å². The third kappa shape index (κ3) is 1.36. The molecule has 0 aliphatic heterocycles. The number of halogens is 3. The number of nitrogens with zero attached hydrogens (tertiary/aromatic N) is 2. The van der Waals surface area contributed by atoms with Crippen molar-refractivity contribution in [2.24, 2.45) is 11.8 Å². The van der Waals surface area contributed by atoms with Crippen LogP contribution >= 0.6 is 0 Å². The zero-order valence-corrected chi connectivity index (χ0v) is 8.62. The van der Waals surface area contributed by atoms with Gasteiger partial charge in [-0.25, -0.2) is 0 Å². The fourth-order valence-corrected chi connectivity index (χ4v) is 2.29. The second-order valence-corrected chi connectivity index (χ2v) is 4.43. The highest BCUT2D eigenvalue weighted by Crippen LogP contribution is 2.62.